The van der Waals surface area contributed by atoms with Crippen molar-refractivity contribution in [3.8, 4) is 0 Å². The number of carboxylic acid groups (broad SMARTS) is 1. The van der Waals surface area contributed by atoms with Crippen molar-refractivity contribution < 1.29 is 14.6 Å². The fourth-order valence-corrected chi connectivity index (χ4v) is 2.81. The lowest BCUT2D eigenvalue weighted by molar-refractivity contribution is -0.169. The summed E-state index contributed by atoms with van der Waals surface area (Å²) in [6.45, 7) is 5.40. The van der Waals surface area contributed by atoms with Crippen LogP contribution in [0.3, 0.4) is 0 Å². The van der Waals surface area contributed by atoms with E-state index < -0.39 is 5.97 Å². The number of carboxylic acids is 1. The molecule has 0 saturated carbocycles. The Balaban J connectivity index is 1.91. The highest BCUT2D eigenvalue weighted by Gasteiger charge is 2.42. The Bertz CT molecular complexity index is 472. The number of rotatable bonds is 5. The third kappa shape index (κ3) is 3.55. The zero-order chi connectivity index (χ0) is 14.0. The third-order valence-corrected chi connectivity index (χ3v) is 3.99. The predicted molar refractivity (Wildman–Crippen MR) is 76.1 cm³/mol. The fourth-order valence-electron chi connectivity index (χ4n) is 2.39. The molecule has 1 aliphatic heterocycles. The van der Waals surface area contributed by atoms with Crippen molar-refractivity contribution in [2.24, 2.45) is 0 Å². The Labute approximate surface area is 121 Å². The average Bonchev–Trinajstić information content (AvgIpc) is 2.32. The van der Waals surface area contributed by atoms with Gasteiger partial charge in [-0.1, -0.05) is 28.1 Å². The van der Waals surface area contributed by atoms with E-state index in [2.05, 4.69) is 39.9 Å². The van der Waals surface area contributed by atoms with Gasteiger partial charge in [-0.3, -0.25) is 4.90 Å². The highest BCUT2D eigenvalue weighted by Crippen LogP contribution is 2.33. The minimum atomic E-state index is -0.917. The van der Waals surface area contributed by atoms with Crippen LogP contribution in [0.1, 0.15) is 25.5 Å². The maximum atomic E-state index is 10.5. The van der Waals surface area contributed by atoms with Crippen molar-refractivity contribution in [3.05, 3.63) is 34.3 Å². The number of aliphatic carboxylic acids is 1. The highest BCUT2D eigenvalue weighted by molar-refractivity contribution is 9.10. The third-order valence-electron chi connectivity index (χ3n) is 3.50. The second kappa shape index (κ2) is 5.61. The standard InChI is InChI=1S/C14H18BrNO3/c1-10(11-4-3-5-12(15)6-11)16-8-14(2,9-16)19-7-13(17)18/h3-6,10H,7-9H2,1-2H3,(H,17,18). The van der Waals surface area contributed by atoms with Crippen LogP contribution >= 0.6 is 15.9 Å². The smallest absolute Gasteiger partial charge is 0.329 e. The van der Waals surface area contributed by atoms with Gasteiger partial charge in [-0.05, 0) is 31.5 Å². The van der Waals surface area contributed by atoms with Gasteiger partial charge in [-0.15, -0.1) is 0 Å². The van der Waals surface area contributed by atoms with Gasteiger partial charge in [0.2, 0.25) is 0 Å². The maximum absolute atomic E-state index is 10.5. The lowest BCUT2D eigenvalue weighted by Crippen LogP contribution is -2.62. The van der Waals surface area contributed by atoms with Crippen LogP contribution in [0, 0.1) is 0 Å². The van der Waals surface area contributed by atoms with Gasteiger partial charge in [0.1, 0.15) is 6.61 Å². The first-order valence-corrected chi connectivity index (χ1v) is 7.04. The second-order valence-corrected chi connectivity index (χ2v) is 6.18. The SMILES string of the molecule is CC(c1cccc(Br)c1)N1CC(C)(OCC(=O)O)C1. The molecule has 1 heterocycles. The van der Waals surface area contributed by atoms with Crippen LogP contribution in [-0.4, -0.2) is 41.3 Å². The summed E-state index contributed by atoms with van der Waals surface area (Å²) < 4.78 is 6.49. The molecule has 0 aromatic heterocycles. The molecule has 0 bridgehead atoms. The van der Waals surface area contributed by atoms with Crippen LogP contribution in [0.25, 0.3) is 0 Å². The van der Waals surface area contributed by atoms with Crippen LogP contribution in [0.15, 0.2) is 28.7 Å². The average molecular weight is 328 g/mol. The lowest BCUT2D eigenvalue weighted by atomic mass is 9.92. The molecular formula is C14H18BrNO3. The summed E-state index contributed by atoms with van der Waals surface area (Å²) in [5.41, 5.74) is 0.910. The first kappa shape index (κ1) is 14.5. The number of halogens is 1. The van der Waals surface area contributed by atoms with E-state index in [-0.39, 0.29) is 12.2 Å². The first-order chi connectivity index (χ1) is 8.89. The van der Waals surface area contributed by atoms with Gasteiger partial charge in [0.15, 0.2) is 0 Å². The number of carbonyl (C=O) groups is 1. The fraction of sp³-hybridized carbons (Fsp3) is 0.500. The van der Waals surface area contributed by atoms with E-state index in [1.165, 1.54) is 5.56 Å². The molecule has 4 nitrogen and oxygen atoms in total. The van der Waals surface area contributed by atoms with Crippen molar-refractivity contribution in [1.82, 2.24) is 4.90 Å². The summed E-state index contributed by atoms with van der Waals surface area (Å²) in [6.07, 6.45) is 0. The van der Waals surface area contributed by atoms with Crippen LogP contribution in [0.5, 0.6) is 0 Å². The minimum absolute atomic E-state index is 0.227. The Hall–Kier alpha value is -0.910. The van der Waals surface area contributed by atoms with Crippen molar-refractivity contribution in [2.75, 3.05) is 19.7 Å². The van der Waals surface area contributed by atoms with Crippen molar-refractivity contribution in [3.63, 3.8) is 0 Å². The van der Waals surface area contributed by atoms with E-state index in [4.69, 9.17) is 9.84 Å². The normalized spacial score (nSPS) is 19.7. The number of ether oxygens (including phenoxy) is 1. The van der Waals surface area contributed by atoms with Crippen LogP contribution in [0.2, 0.25) is 0 Å². The highest BCUT2D eigenvalue weighted by atomic mass is 79.9. The van der Waals surface area contributed by atoms with Crippen LogP contribution in [-0.2, 0) is 9.53 Å². The van der Waals surface area contributed by atoms with E-state index in [0.29, 0.717) is 6.04 Å². The topological polar surface area (TPSA) is 49.8 Å². The van der Waals surface area contributed by atoms with Gasteiger partial charge in [-0.2, -0.15) is 0 Å². The quantitative estimate of drug-likeness (QED) is 0.903. The Kier molecular flexibility index (Phi) is 4.28. The van der Waals surface area contributed by atoms with Crippen molar-refractivity contribution >= 4 is 21.9 Å². The molecule has 1 aromatic carbocycles. The summed E-state index contributed by atoms with van der Waals surface area (Å²) >= 11 is 3.47. The van der Waals surface area contributed by atoms with E-state index >= 15 is 0 Å². The number of nitrogens with zero attached hydrogens (tertiary/aromatic N) is 1. The van der Waals surface area contributed by atoms with E-state index in [1.54, 1.807) is 0 Å². The van der Waals surface area contributed by atoms with Crippen LogP contribution in [0.4, 0.5) is 0 Å². The van der Waals surface area contributed by atoms with E-state index in [0.717, 1.165) is 17.6 Å². The van der Waals surface area contributed by atoms with Gasteiger partial charge in [0.05, 0.1) is 5.60 Å². The molecule has 0 radical (unpaired) electrons. The molecule has 19 heavy (non-hydrogen) atoms. The molecule has 1 aromatic rings. The molecule has 104 valence electrons. The monoisotopic (exact) mass is 327 g/mol. The lowest BCUT2D eigenvalue weighted by Gasteiger charge is -2.50. The zero-order valence-electron chi connectivity index (χ0n) is 11.1. The van der Waals surface area contributed by atoms with Crippen molar-refractivity contribution in [1.29, 1.82) is 0 Å². The second-order valence-electron chi connectivity index (χ2n) is 5.27. The molecular weight excluding hydrogens is 310 g/mol. The van der Waals surface area contributed by atoms with Gasteiger partial charge in [0.25, 0.3) is 0 Å². The Morgan fingerprint density at radius 1 is 1.58 bits per heavy atom. The predicted octanol–water partition coefficient (Wildman–Crippen LogP) is 2.69. The Morgan fingerprint density at radius 2 is 2.26 bits per heavy atom. The Morgan fingerprint density at radius 3 is 2.84 bits per heavy atom. The zero-order valence-corrected chi connectivity index (χ0v) is 12.7. The largest absolute Gasteiger partial charge is 0.480 e. The molecule has 1 unspecified atom stereocenters. The molecule has 1 atom stereocenters. The van der Waals surface area contributed by atoms with Gasteiger partial charge < -0.3 is 9.84 Å². The molecule has 0 aliphatic carbocycles. The molecule has 1 N–H and O–H groups in total. The minimum Gasteiger partial charge on any atom is -0.480 e. The molecule has 2 rings (SSSR count). The molecule has 1 fully saturated rings. The number of likely N-dealkylation sites (tertiary alicyclic amines) is 1. The summed E-state index contributed by atoms with van der Waals surface area (Å²) in [6, 6.07) is 8.54. The summed E-state index contributed by atoms with van der Waals surface area (Å²) in [4.78, 5) is 12.8. The maximum Gasteiger partial charge on any atom is 0.329 e. The van der Waals surface area contributed by atoms with E-state index in [1.807, 2.05) is 19.1 Å². The van der Waals surface area contributed by atoms with Gasteiger partial charge in [0, 0.05) is 23.6 Å². The van der Waals surface area contributed by atoms with Gasteiger partial charge >= 0.3 is 5.97 Å². The first-order valence-electron chi connectivity index (χ1n) is 6.25. The molecule has 1 aliphatic rings. The molecule has 1 saturated heterocycles. The molecule has 0 amide bonds. The summed E-state index contributed by atoms with van der Waals surface area (Å²) in [5.74, 6) is -0.917. The molecule has 5 heteroatoms. The van der Waals surface area contributed by atoms with Gasteiger partial charge in [-0.25, -0.2) is 4.79 Å². The van der Waals surface area contributed by atoms with Crippen molar-refractivity contribution in [2.45, 2.75) is 25.5 Å². The number of benzene rings is 1. The number of hydrogen-bond donors (Lipinski definition) is 1. The van der Waals surface area contributed by atoms with E-state index in [9.17, 15) is 4.79 Å². The molecule has 0 spiro atoms. The number of hydrogen-bond acceptors (Lipinski definition) is 3. The van der Waals surface area contributed by atoms with Crippen LogP contribution < -0.4 is 0 Å². The summed E-state index contributed by atoms with van der Waals surface area (Å²) in [7, 11) is 0. The summed E-state index contributed by atoms with van der Waals surface area (Å²) in [5, 5.41) is 8.64.